The van der Waals surface area contributed by atoms with Crippen molar-refractivity contribution < 1.29 is 9.53 Å². The Balaban J connectivity index is 1.70. The number of benzene rings is 1. The van der Waals surface area contributed by atoms with Crippen molar-refractivity contribution in [2.45, 2.75) is 19.4 Å². The molecule has 1 aromatic carbocycles. The van der Waals surface area contributed by atoms with Crippen LogP contribution in [-0.4, -0.2) is 33.5 Å². The van der Waals surface area contributed by atoms with Crippen LogP contribution in [0.15, 0.2) is 36.7 Å². The number of fused-ring (bicyclic) bond motifs is 1. The third-order valence-corrected chi connectivity index (χ3v) is 4.54. The van der Waals surface area contributed by atoms with E-state index in [1.165, 1.54) is 0 Å². The van der Waals surface area contributed by atoms with E-state index < -0.39 is 0 Å². The molecule has 0 radical (unpaired) electrons. The van der Waals surface area contributed by atoms with Gasteiger partial charge in [0, 0.05) is 24.4 Å². The number of anilines is 1. The van der Waals surface area contributed by atoms with Gasteiger partial charge in [-0.15, -0.1) is 0 Å². The molecular formula is C18H19N5O2. The quantitative estimate of drug-likeness (QED) is 0.676. The largest absolute Gasteiger partial charge is 0.488 e. The van der Waals surface area contributed by atoms with Crippen LogP contribution in [0.2, 0.25) is 0 Å². The van der Waals surface area contributed by atoms with E-state index in [1.54, 1.807) is 12.4 Å². The maximum Gasteiger partial charge on any atom is 0.220 e. The van der Waals surface area contributed by atoms with Gasteiger partial charge in [-0.2, -0.15) is 0 Å². The fourth-order valence-corrected chi connectivity index (χ4v) is 3.12. The number of aromatic nitrogens is 3. The number of ether oxygens (including phenoxy) is 1. The molecule has 25 heavy (non-hydrogen) atoms. The Bertz CT molecular complexity index is 936. The number of carbonyl (C=O) groups excluding carboxylic acids is 1. The lowest BCUT2D eigenvalue weighted by atomic mass is 10.0. The highest BCUT2D eigenvalue weighted by Gasteiger charge is 2.28. The van der Waals surface area contributed by atoms with Gasteiger partial charge in [-0.25, -0.2) is 9.97 Å². The van der Waals surface area contributed by atoms with Crippen molar-refractivity contribution in [2.75, 3.05) is 12.3 Å². The number of hydrogen-bond acceptors (Lipinski definition) is 5. The van der Waals surface area contributed by atoms with Crippen molar-refractivity contribution in [1.82, 2.24) is 20.3 Å². The number of aromatic amines is 1. The number of imidazole rings is 1. The van der Waals surface area contributed by atoms with E-state index in [1.807, 2.05) is 31.2 Å². The molecule has 3 heterocycles. The van der Waals surface area contributed by atoms with Gasteiger partial charge in [-0.05, 0) is 31.2 Å². The average molecular weight is 337 g/mol. The van der Waals surface area contributed by atoms with Gasteiger partial charge < -0.3 is 20.8 Å². The maximum atomic E-state index is 11.4. The van der Waals surface area contributed by atoms with Crippen molar-refractivity contribution in [2.24, 2.45) is 5.92 Å². The van der Waals surface area contributed by atoms with Crippen LogP contribution in [0, 0.1) is 5.92 Å². The molecule has 2 atom stereocenters. The minimum atomic E-state index is -0.108. The molecule has 4 N–H and O–H groups in total. The van der Waals surface area contributed by atoms with E-state index in [-0.39, 0.29) is 17.9 Å². The summed E-state index contributed by atoms with van der Waals surface area (Å²) in [7, 11) is 0. The molecule has 4 rings (SSSR count). The van der Waals surface area contributed by atoms with Crippen LogP contribution in [0.1, 0.15) is 13.3 Å². The topological polar surface area (TPSA) is 106 Å². The second-order valence-electron chi connectivity index (χ2n) is 6.31. The zero-order chi connectivity index (χ0) is 17.4. The summed E-state index contributed by atoms with van der Waals surface area (Å²) in [5, 5.41) is 2.85. The summed E-state index contributed by atoms with van der Waals surface area (Å²) in [6, 6.07) is 9.42. The molecule has 1 saturated heterocycles. The van der Waals surface area contributed by atoms with Gasteiger partial charge in [0.15, 0.2) is 0 Å². The standard InChI is InChI=1S/C18H19N5O2/c1-10(12-7-17(24)20-8-12)25-15-6-11(5-14-18(15)22-9-21-14)13-3-2-4-16(19)23-13/h2-6,9-10,12H,7-8H2,1H3,(H2,19,23)(H,20,24)(H,21,22)/t10-,12-/m1/s1. The molecule has 0 saturated carbocycles. The molecular weight excluding hydrogens is 318 g/mol. The smallest absolute Gasteiger partial charge is 0.220 e. The predicted molar refractivity (Wildman–Crippen MR) is 94.9 cm³/mol. The fraction of sp³-hybridized carbons (Fsp3) is 0.278. The first-order chi connectivity index (χ1) is 12.1. The normalized spacial score (nSPS) is 18.3. The minimum Gasteiger partial charge on any atom is -0.488 e. The first kappa shape index (κ1) is 15.4. The summed E-state index contributed by atoms with van der Waals surface area (Å²) in [6.45, 7) is 2.62. The Morgan fingerprint density at radius 3 is 3.00 bits per heavy atom. The van der Waals surface area contributed by atoms with Gasteiger partial charge in [0.05, 0.1) is 17.5 Å². The first-order valence-electron chi connectivity index (χ1n) is 8.23. The SMILES string of the molecule is C[C@@H](Oc1cc(-c2cccc(N)n2)cc2[nH]cnc12)[C@H]1CNC(=O)C1. The number of carbonyl (C=O) groups is 1. The highest BCUT2D eigenvalue weighted by Crippen LogP contribution is 2.32. The summed E-state index contributed by atoms with van der Waals surface area (Å²) >= 11 is 0. The van der Waals surface area contributed by atoms with Crippen molar-refractivity contribution in [1.29, 1.82) is 0 Å². The van der Waals surface area contributed by atoms with Crippen molar-refractivity contribution in [3.8, 4) is 17.0 Å². The summed E-state index contributed by atoms with van der Waals surface area (Å²) in [6.07, 6.45) is 2.02. The van der Waals surface area contributed by atoms with Gasteiger partial charge >= 0.3 is 0 Å². The Morgan fingerprint density at radius 2 is 2.24 bits per heavy atom. The summed E-state index contributed by atoms with van der Waals surface area (Å²) in [5.74, 6) is 1.36. The van der Waals surface area contributed by atoms with Gasteiger partial charge in [0.25, 0.3) is 0 Å². The number of nitrogens with one attached hydrogen (secondary N) is 2. The van der Waals surface area contributed by atoms with Crippen LogP contribution in [-0.2, 0) is 4.79 Å². The Labute approximate surface area is 144 Å². The molecule has 0 spiro atoms. The molecule has 0 bridgehead atoms. The second kappa shape index (κ2) is 6.08. The van der Waals surface area contributed by atoms with Gasteiger partial charge in [-0.1, -0.05) is 6.07 Å². The fourth-order valence-electron chi connectivity index (χ4n) is 3.12. The predicted octanol–water partition coefficient (Wildman–Crippen LogP) is 2.11. The van der Waals surface area contributed by atoms with E-state index in [2.05, 4.69) is 20.3 Å². The lowest BCUT2D eigenvalue weighted by Crippen LogP contribution is -2.25. The van der Waals surface area contributed by atoms with Crippen LogP contribution < -0.4 is 15.8 Å². The average Bonchev–Trinajstić information content (AvgIpc) is 3.23. The van der Waals surface area contributed by atoms with Crippen molar-refractivity contribution in [3.05, 3.63) is 36.7 Å². The molecule has 3 aromatic rings. The zero-order valence-corrected chi connectivity index (χ0v) is 13.8. The van der Waals surface area contributed by atoms with Gasteiger partial charge in [-0.3, -0.25) is 4.79 Å². The van der Waals surface area contributed by atoms with E-state index in [4.69, 9.17) is 10.5 Å². The minimum absolute atomic E-state index is 0.0723. The molecule has 7 heteroatoms. The Kier molecular flexibility index (Phi) is 3.76. The molecule has 1 aliphatic heterocycles. The third-order valence-electron chi connectivity index (χ3n) is 4.54. The number of hydrogen-bond donors (Lipinski definition) is 3. The second-order valence-corrected chi connectivity index (χ2v) is 6.31. The summed E-state index contributed by atoms with van der Waals surface area (Å²) in [5.41, 5.74) is 9.09. The molecule has 7 nitrogen and oxygen atoms in total. The zero-order valence-electron chi connectivity index (χ0n) is 13.8. The van der Waals surface area contributed by atoms with Crippen molar-refractivity contribution >= 4 is 22.8 Å². The molecule has 128 valence electrons. The van der Waals surface area contributed by atoms with Crippen LogP contribution >= 0.6 is 0 Å². The highest BCUT2D eigenvalue weighted by molar-refractivity contribution is 5.87. The number of nitrogens with two attached hydrogens (primary N) is 1. The van der Waals surface area contributed by atoms with Crippen molar-refractivity contribution in [3.63, 3.8) is 0 Å². The molecule has 1 fully saturated rings. The Morgan fingerprint density at radius 1 is 1.36 bits per heavy atom. The molecule has 1 aliphatic rings. The van der Waals surface area contributed by atoms with Crippen LogP contribution in [0.3, 0.4) is 0 Å². The number of amides is 1. The van der Waals surface area contributed by atoms with E-state index in [9.17, 15) is 4.79 Å². The number of nitrogen functional groups attached to an aromatic ring is 1. The van der Waals surface area contributed by atoms with Crippen LogP contribution in [0.25, 0.3) is 22.3 Å². The van der Waals surface area contributed by atoms with E-state index >= 15 is 0 Å². The first-order valence-corrected chi connectivity index (χ1v) is 8.23. The lowest BCUT2D eigenvalue weighted by Gasteiger charge is -2.20. The number of rotatable bonds is 4. The Hall–Kier alpha value is -3.09. The van der Waals surface area contributed by atoms with Crippen LogP contribution in [0.4, 0.5) is 5.82 Å². The monoisotopic (exact) mass is 337 g/mol. The van der Waals surface area contributed by atoms with E-state index in [0.717, 1.165) is 22.3 Å². The lowest BCUT2D eigenvalue weighted by molar-refractivity contribution is -0.119. The maximum absolute atomic E-state index is 11.4. The highest BCUT2D eigenvalue weighted by atomic mass is 16.5. The summed E-state index contributed by atoms with van der Waals surface area (Å²) < 4.78 is 6.18. The summed E-state index contributed by atoms with van der Waals surface area (Å²) in [4.78, 5) is 23.3. The molecule has 2 aromatic heterocycles. The van der Waals surface area contributed by atoms with Crippen LogP contribution in [0.5, 0.6) is 5.75 Å². The number of H-pyrrole nitrogens is 1. The number of nitrogens with zero attached hydrogens (tertiary/aromatic N) is 2. The van der Waals surface area contributed by atoms with Gasteiger partial charge in [0.2, 0.25) is 5.91 Å². The third kappa shape index (κ3) is 3.00. The molecule has 1 amide bonds. The number of pyridine rings is 1. The van der Waals surface area contributed by atoms with E-state index in [0.29, 0.717) is 24.5 Å². The molecule has 0 unspecified atom stereocenters. The van der Waals surface area contributed by atoms with Gasteiger partial charge in [0.1, 0.15) is 23.2 Å². The molecule has 0 aliphatic carbocycles.